The molecule has 24 heavy (non-hydrogen) atoms. The highest BCUT2D eigenvalue weighted by Crippen LogP contribution is 2.26. The van der Waals surface area contributed by atoms with Gasteiger partial charge < -0.3 is 10.2 Å². The second kappa shape index (κ2) is 7.82. The first-order valence-electron chi connectivity index (χ1n) is 9.39. The summed E-state index contributed by atoms with van der Waals surface area (Å²) in [6.45, 7) is 2.75. The zero-order chi connectivity index (χ0) is 16.9. The lowest BCUT2D eigenvalue weighted by Crippen LogP contribution is -2.41. The molecule has 0 aromatic heterocycles. The molecule has 130 valence electrons. The van der Waals surface area contributed by atoms with E-state index < -0.39 is 5.92 Å². The molecule has 1 saturated carbocycles. The molecule has 1 heterocycles. The first-order valence-corrected chi connectivity index (χ1v) is 9.39. The number of amides is 2. The molecule has 1 saturated heterocycles. The fourth-order valence-corrected chi connectivity index (χ4v) is 3.82. The third-order valence-corrected chi connectivity index (χ3v) is 5.38. The van der Waals surface area contributed by atoms with E-state index >= 15 is 0 Å². The van der Waals surface area contributed by atoms with E-state index in [1.807, 2.05) is 12.1 Å². The van der Waals surface area contributed by atoms with Crippen molar-refractivity contribution in [2.24, 2.45) is 5.92 Å². The molecule has 1 aliphatic heterocycles. The van der Waals surface area contributed by atoms with Gasteiger partial charge in [0, 0.05) is 18.3 Å². The van der Waals surface area contributed by atoms with Crippen LogP contribution in [-0.2, 0) is 16.0 Å². The highest BCUT2D eigenvalue weighted by atomic mass is 16.2. The van der Waals surface area contributed by atoms with Gasteiger partial charge in [-0.3, -0.25) is 9.59 Å². The van der Waals surface area contributed by atoms with E-state index in [4.69, 9.17) is 0 Å². The minimum atomic E-state index is -0.515. The molecule has 0 radical (unpaired) electrons. The summed E-state index contributed by atoms with van der Waals surface area (Å²) in [7, 11) is 0. The van der Waals surface area contributed by atoms with Crippen molar-refractivity contribution >= 4 is 17.5 Å². The largest absolute Gasteiger partial charge is 0.353 e. The lowest BCUT2D eigenvalue weighted by atomic mass is 10.0. The molecule has 4 nitrogen and oxygen atoms in total. The Hall–Kier alpha value is -1.84. The van der Waals surface area contributed by atoms with Crippen LogP contribution < -0.4 is 10.2 Å². The van der Waals surface area contributed by atoms with Crippen LogP contribution in [0.3, 0.4) is 0 Å². The fraction of sp³-hybridized carbons (Fsp3) is 0.600. The Morgan fingerprint density at radius 2 is 1.75 bits per heavy atom. The maximum absolute atomic E-state index is 12.7. The van der Waals surface area contributed by atoms with Crippen LogP contribution in [0.5, 0.6) is 0 Å². The molecule has 0 bridgehead atoms. The maximum atomic E-state index is 12.7. The highest BCUT2D eigenvalue weighted by molar-refractivity contribution is 6.09. The standard InChI is InChI=1S/C20H28N2O2/c1-2-15-9-11-17(12-10-15)22-14-13-18(20(22)24)19(23)21-16-7-5-3-4-6-8-16/h9-12,16,18H,2-8,13-14H2,1H3,(H,21,23)/t18-/m0/s1. The Morgan fingerprint density at radius 1 is 1.08 bits per heavy atom. The zero-order valence-corrected chi connectivity index (χ0v) is 14.6. The van der Waals surface area contributed by atoms with Crippen molar-refractivity contribution in [1.82, 2.24) is 5.32 Å². The normalized spacial score (nSPS) is 22.5. The summed E-state index contributed by atoms with van der Waals surface area (Å²) in [5.41, 5.74) is 2.16. The Labute approximate surface area is 144 Å². The Morgan fingerprint density at radius 3 is 2.38 bits per heavy atom. The zero-order valence-electron chi connectivity index (χ0n) is 14.6. The van der Waals surface area contributed by atoms with Crippen LogP contribution in [0, 0.1) is 5.92 Å². The Kier molecular flexibility index (Phi) is 5.54. The molecule has 2 aliphatic rings. The van der Waals surface area contributed by atoms with Gasteiger partial charge in [0.1, 0.15) is 5.92 Å². The molecule has 1 atom stereocenters. The molecule has 2 amide bonds. The summed E-state index contributed by atoms with van der Waals surface area (Å²) in [6.07, 6.45) is 8.59. The third-order valence-electron chi connectivity index (χ3n) is 5.38. The van der Waals surface area contributed by atoms with Crippen LogP contribution in [-0.4, -0.2) is 24.4 Å². The van der Waals surface area contributed by atoms with E-state index in [0.717, 1.165) is 24.9 Å². The van der Waals surface area contributed by atoms with Crippen LogP contribution in [0.25, 0.3) is 0 Å². The smallest absolute Gasteiger partial charge is 0.239 e. The summed E-state index contributed by atoms with van der Waals surface area (Å²) >= 11 is 0. The molecule has 1 aromatic rings. The lowest BCUT2D eigenvalue weighted by molar-refractivity contribution is -0.132. The number of rotatable bonds is 4. The molecule has 4 heteroatoms. The number of carbonyl (C=O) groups is 2. The molecule has 0 unspecified atom stereocenters. The van der Waals surface area contributed by atoms with Crippen LogP contribution in [0.4, 0.5) is 5.69 Å². The van der Waals surface area contributed by atoms with Gasteiger partial charge in [0.15, 0.2) is 0 Å². The number of nitrogens with zero attached hydrogens (tertiary/aromatic N) is 1. The van der Waals surface area contributed by atoms with Crippen LogP contribution >= 0.6 is 0 Å². The average molecular weight is 328 g/mol. The predicted molar refractivity (Wildman–Crippen MR) is 95.9 cm³/mol. The van der Waals surface area contributed by atoms with Crippen LogP contribution in [0.15, 0.2) is 24.3 Å². The Bertz CT molecular complexity index is 574. The van der Waals surface area contributed by atoms with Crippen molar-refractivity contribution in [1.29, 1.82) is 0 Å². The van der Waals surface area contributed by atoms with Crippen molar-refractivity contribution in [2.75, 3.05) is 11.4 Å². The topological polar surface area (TPSA) is 49.4 Å². The first kappa shape index (κ1) is 17.0. The SMILES string of the molecule is CCc1ccc(N2CC[C@@H](C(=O)NC3CCCCCC3)C2=O)cc1. The van der Waals surface area contributed by atoms with Crippen molar-refractivity contribution in [3.63, 3.8) is 0 Å². The van der Waals surface area contributed by atoms with Gasteiger partial charge in [-0.05, 0) is 43.4 Å². The number of hydrogen-bond donors (Lipinski definition) is 1. The minimum Gasteiger partial charge on any atom is -0.353 e. The molecule has 1 N–H and O–H groups in total. The van der Waals surface area contributed by atoms with Gasteiger partial charge in [-0.2, -0.15) is 0 Å². The van der Waals surface area contributed by atoms with Crippen molar-refractivity contribution in [2.45, 2.75) is 64.3 Å². The van der Waals surface area contributed by atoms with Gasteiger partial charge in [-0.1, -0.05) is 44.7 Å². The number of anilines is 1. The fourth-order valence-electron chi connectivity index (χ4n) is 3.82. The summed E-state index contributed by atoms with van der Waals surface area (Å²) in [6, 6.07) is 8.35. The van der Waals surface area contributed by atoms with E-state index in [-0.39, 0.29) is 17.9 Å². The number of benzene rings is 1. The number of aryl methyl sites for hydroxylation is 1. The van der Waals surface area contributed by atoms with Gasteiger partial charge >= 0.3 is 0 Å². The van der Waals surface area contributed by atoms with Gasteiger partial charge in [0.2, 0.25) is 11.8 Å². The summed E-state index contributed by atoms with van der Waals surface area (Å²) in [4.78, 5) is 27.0. The lowest BCUT2D eigenvalue weighted by Gasteiger charge is -2.20. The van der Waals surface area contributed by atoms with Gasteiger partial charge in [-0.25, -0.2) is 0 Å². The number of carbonyl (C=O) groups excluding carboxylic acids is 2. The highest BCUT2D eigenvalue weighted by Gasteiger charge is 2.38. The van der Waals surface area contributed by atoms with Gasteiger partial charge in [0.05, 0.1) is 0 Å². The third kappa shape index (κ3) is 3.80. The van der Waals surface area contributed by atoms with E-state index in [0.29, 0.717) is 13.0 Å². The van der Waals surface area contributed by atoms with Gasteiger partial charge in [0.25, 0.3) is 0 Å². The van der Waals surface area contributed by atoms with E-state index in [1.165, 1.54) is 31.2 Å². The summed E-state index contributed by atoms with van der Waals surface area (Å²) in [5, 5.41) is 3.14. The molecular formula is C20H28N2O2. The van der Waals surface area contributed by atoms with Crippen molar-refractivity contribution < 1.29 is 9.59 Å². The minimum absolute atomic E-state index is 0.0506. The monoisotopic (exact) mass is 328 g/mol. The Balaban J connectivity index is 1.61. The predicted octanol–water partition coefficient (Wildman–Crippen LogP) is 3.44. The number of nitrogens with one attached hydrogen (secondary N) is 1. The van der Waals surface area contributed by atoms with Gasteiger partial charge in [-0.15, -0.1) is 0 Å². The molecular weight excluding hydrogens is 300 g/mol. The second-order valence-corrected chi connectivity index (χ2v) is 7.05. The maximum Gasteiger partial charge on any atom is 0.239 e. The van der Waals surface area contributed by atoms with E-state index in [1.54, 1.807) is 4.90 Å². The second-order valence-electron chi connectivity index (χ2n) is 7.05. The van der Waals surface area contributed by atoms with Crippen molar-refractivity contribution in [3.8, 4) is 0 Å². The quantitative estimate of drug-likeness (QED) is 0.680. The molecule has 0 spiro atoms. The van der Waals surface area contributed by atoms with Crippen LogP contribution in [0.2, 0.25) is 0 Å². The van der Waals surface area contributed by atoms with Crippen LogP contribution in [0.1, 0.15) is 57.4 Å². The molecule has 3 rings (SSSR count). The number of hydrogen-bond acceptors (Lipinski definition) is 2. The summed E-state index contributed by atoms with van der Waals surface area (Å²) < 4.78 is 0. The summed E-state index contributed by atoms with van der Waals surface area (Å²) in [5.74, 6) is -0.635. The first-order chi connectivity index (χ1) is 11.7. The van der Waals surface area contributed by atoms with E-state index in [9.17, 15) is 9.59 Å². The average Bonchev–Trinajstić information content (AvgIpc) is 2.81. The molecule has 1 aromatic carbocycles. The van der Waals surface area contributed by atoms with E-state index in [2.05, 4.69) is 24.4 Å². The molecule has 2 fully saturated rings. The van der Waals surface area contributed by atoms with Crippen molar-refractivity contribution in [3.05, 3.63) is 29.8 Å². The molecule has 1 aliphatic carbocycles.